The first-order valence-corrected chi connectivity index (χ1v) is 9.36. The van der Waals surface area contributed by atoms with Crippen LogP contribution in [0.2, 0.25) is 0 Å². The first kappa shape index (κ1) is 17.5. The molecule has 3 heterocycles. The average Bonchev–Trinajstić information content (AvgIpc) is 3.34. The van der Waals surface area contributed by atoms with Crippen LogP contribution in [0.3, 0.4) is 0 Å². The van der Waals surface area contributed by atoms with Crippen molar-refractivity contribution in [1.29, 1.82) is 0 Å². The molecule has 4 rings (SSSR count). The third-order valence-corrected chi connectivity index (χ3v) is 5.16. The lowest BCUT2D eigenvalue weighted by Crippen LogP contribution is -2.30. The summed E-state index contributed by atoms with van der Waals surface area (Å²) in [5.41, 5.74) is 2.54. The van der Waals surface area contributed by atoms with Gasteiger partial charge in [0.2, 0.25) is 0 Å². The van der Waals surface area contributed by atoms with Crippen LogP contribution in [0.1, 0.15) is 54.7 Å². The molecule has 0 aliphatic carbocycles. The summed E-state index contributed by atoms with van der Waals surface area (Å²) in [6.45, 7) is 4.89. The molecule has 1 atom stereocenters. The van der Waals surface area contributed by atoms with E-state index in [0.717, 1.165) is 41.7 Å². The van der Waals surface area contributed by atoms with Crippen LogP contribution in [0.15, 0.2) is 42.7 Å². The van der Waals surface area contributed by atoms with Gasteiger partial charge in [-0.3, -0.25) is 4.79 Å². The Morgan fingerprint density at radius 3 is 2.89 bits per heavy atom. The molecule has 1 aromatic carbocycles. The summed E-state index contributed by atoms with van der Waals surface area (Å²) in [6, 6.07) is 10.2. The molecule has 0 N–H and O–H groups in total. The van der Waals surface area contributed by atoms with Crippen LogP contribution in [0.4, 0.5) is 0 Å². The van der Waals surface area contributed by atoms with Crippen LogP contribution in [-0.2, 0) is 0 Å². The number of likely N-dealkylation sites (tertiary alicyclic amines) is 1. The Balaban J connectivity index is 1.64. The van der Waals surface area contributed by atoms with Gasteiger partial charge in [0.15, 0.2) is 5.65 Å². The van der Waals surface area contributed by atoms with Crippen molar-refractivity contribution in [3.63, 3.8) is 0 Å². The summed E-state index contributed by atoms with van der Waals surface area (Å²) in [5.74, 6) is 0.836. The highest BCUT2D eigenvalue weighted by molar-refractivity contribution is 5.97. The van der Waals surface area contributed by atoms with Crippen molar-refractivity contribution in [2.45, 2.75) is 38.8 Å². The highest BCUT2D eigenvalue weighted by Gasteiger charge is 2.31. The molecule has 6 heteroatoms. The normalized spacial score (nSPS) is 17.0. The van der Waals surface area contributed by atoms with Crippen molar-refractivity contribution >= 4 is 16.9 Å². The zero-order valence-electron chi connectivity index (χ0n) is 15.9. The number of hydrogen-bond donors (Lipinski definition) is 0. The second-order valence-corrected chi connectivity index (χ2v) is 7.25. The molecule has 0 saturated carbocycles. The van der Waals surface area contributed by atoms with E-state index in [-0.39, 0.29) is 18.0 Å². The van der Waals surface area contributed by atoms with Crippen molar-refractivity contribution in [1.82, 2.24) is 19.7 Å². The van der Waals surface area contributed by atoms with Crippen molar-refractivity contribution in [3.05, 3.63) is 53.9 Å². The Hall–Kier alpha value is -2.89. The fourth-order valence-corrected chi connectivity index (χ4v) is 3.81. The zero-order chi connectivity index (χ0) is 19.0. The Labute approximate surface area is 158 Å². The number of amides is 1. The Morgan fingerprint density at radius 1 is 1.26 bits per heavy atom. The molecule has 0 radical (unpaired) electrons. The Morgan fingerprint density at radius 2 is 2.11 bits per heavy atom. The maximum absolute atomic E-state index is 13.2. The van der Waals surface area contributed by atoms with Gasteiger partial charge in [-0.05, 0) is 50.5 Å². The molecule has 1 aliphatic heterocycles. The monoisotopic (exact) mass is 364 g/mol. The quantitative estimate of drug-likeness (QED) is 0.702. The number of ether oxygens (including phenoxy) is 1. The minimum atomic E-state index is 0.0204. The molecule has 0 spiro atoms. The van der Waals surface area contributed by atoms with E-state index in [2.05, 4.69) is 30.0 Å². The first-order valence-electron chi connectivity index (χ1n) is 9.36. The third kappa shape index (κ3) is 3.16. The number of rotatable bonds is 4. The standard InChI is InChI=1S/C21H24N4O2/c1-14(2)25-20-16(13-23-25)10-17(12-22-20)21(26)24-9-5-8-19(24)15-6-4-7-18(11-15)27-3/h4,6-7,10-14,19H,5,8-9H2,1-3H3/t19-/m1/s1. The van der Waals surface area contributed by atoms with Gasteiger partial charge in [-0.1, -0.05) is 12.1 Å². The highest BCUT2D eigenvalue weighted by atomic mass is 16.5. The molecule has 2 aromatic heterocycles. The van der Waals surface area contributed by atoms with Gasteiger partial charge in [0, 0.05) is 24.2 Å². The van der Waals surface area contributed by atoms with Crippen molar-refractivity contribution in [2.75, 3.05) is 13.7 Å². The van der Waals surface area contributed by atoms with Gasteiger partial charge in [0.25, 0.3) is 5.91 Å². The summed E-state index contributed by atoms with van der Waals surface area (Å²) < 4.78 is 7.22. The number of fused-ring (bicyclic) bond motifs is 1. The molecule has 1 saturated heterocycles. The second kappa shape index (κ2) is 7.02. The highest BCUT2D eigenvalue weighted by Crippen LogP contribution is 2.34. The zero-order valence-corrected chi connectivity index (χ0v) is 15.9. The molecule has 0 bridgehead atoms. The van der Waals surface area contributed by atoms with Gasteiger partial charge in [0.1, 0.15) is 5.75 Å². The summed E-state index contributed by atoms with van der Waals surface area (Å²) in [4.78, 5) is 19.7. The van der Waals surface area contributed by atoms with E-state index < -0.39 is 0 Å². The Bertz CT molecular complexity index is 979. The molecule has 0 unspecified atom stereocenters. The lowest BCUT2D eigenvalue weighted by molar-refractivity contribution is 0.0735. The van der Waals surface area contributed by atoms with Crippen LogP contribution in [0, 0.1) is 0 Å². The number of methoxy groups -OCH3 is 1. The fraction of sp³-hybridized carbons (Fsp3) is 0.381. The van der Waals surface area contributed by atoms with E-state index in [4.69, 9.17) is 4.74 Å². The topological polar surface area (TPSA) is 60.2 Å². The molecule has 140 valence electrons. The average molecular weight is 364 g/mol. The lowest BCUT2D eigenvalue weighted by atomic mass is 10.0. The summed E-state index contributed by atoms with van der Waals surface area (Å²) >= 11 is 0. The predicted molar refractivity (Wildman–Crippen MR) is 104 cm³/mol. The van der Waals surface area contributed by atoms with Crippen LogP contribution in [0.5, 0.6) is 5.75 Å². The van der Waals surface area contributed by atoms with E-state index in [9.17, 15) is 4.79 Å². The number of benzene rings is 1. The first-order chi connectivity index (χ1) is 13.1. The van der Waals surface area contributed by atoms with E-state index in [1.54, 1.807) is 19.5 Å². The smallest absolute Gasteiger partial charge is 0.255 e. The minimum Gasteiger partial charge on any atom is -0.497 e. The van der Waals surface area contributed by atoms with Crippen LogP contribution < -0.4 is 4.74 Å². The minimum absolute atomic E-state index is 0.0204. The summed E-state index contributed by atoms with van der Waals surface area (Å²) in [6.07, 6.45) is 5.41. The van der Waals surface area contributed by atoms with Gasteiger partial charge in [-0.2, -0.15) is 5.10 Å². The second-order valence-electron chi connectivity index (χ2n) is 7.25. The van der Waals surface area contributed by atoms with Gasteiger partial charge in [-0.25, -0.2) is 9.67 Å². The van der Waals surface area contributed by atoms with E-state index in [1.807, 2.05) is 33.8 Å². The summed E-state index contributed by atoms with van der Waals surface area (Å²) in [5, 5.41) is 5.28. The van der Waals surface area contributed by atoms with Gasteiger partial charge < -0.3 is 9.64 Å². The molecule has 1 amide bonds. The molecular weight excluding hydrogens is 340 g/mol. The van der Waals surface area contributed by atoms with Crippen LogP contribution in [0.25, 0.3) is 11.0 Å². The molecule has 3 aromatic rings. The lowest BCUT2D eigenvalue weighted by Gasteiger charge is -2.25. The van der Waals surface area contributed by atoms with Crippen molar-refractivity contribution in [2.24, 2.45) is 0 Å². The molecule has 1 fully saturated rings. The number of hydrogen-bond acceptors (Lipinski definition) is 4. The van der Waals surface area contributed by atoms with E-state index >= 15 is 0 Å². The van der Waals surface area contributed by atoms with E-state index in [1.165, 1.54) is 0 Å². The number of carbonyl (C=O) groups excluding carboxylic acids is 1. The molecule has 1 aliphatic rings. The molecule has 27 heavy (non-hydrogen) atoms. The van der Waals surface area contributed by atoms with Crippen molar-refractivity contribution in [3.8, 4) is 5.75 Å². The van der Waals surface area contributed by atoms with Crippen molar-refractivity contribution < 1.29 is 9.53 Å². The maximum atomic E-state index is 13.2. The maximum Gasteiger partial charge on any atom is 0.255 e. The van der Waals surface area contributed by atoms with Crippen LogP contribution >= 0.6 is 0 Å². The number of nitrogens with zero attached hydrogens (tertiary/aromatic N) is 4. The van der Waals surface area contributed by atoms with Gasteiger partial charge >= 0.3 is 0 Å². The third-order valence-electron chi connectivity index (χ3n) is 5.16. The van der Waals surface area contributed by atoms with Crippen LogP contribution in [-0.4, -0.2) is 39.2 Å². The molecule has 6 nitrogen and oxygen atoms in total. The SMILES string of the molecule is COc1cccc([C@H]2CCCN2C(=O)c2cnc3c(cnn3C(C)C)c2)c1. The van der Waals surface area contributed by atoms with Gasteiger partial charge in [0.05, 0.1) is 24.9 Å². The predicted octanol–water partition coefficient (Wildman–Crippen LogP) is 4.00. The van der Waals surface area contributed by atoms with E-state index in [0.29, 0.717) is 5.56 Å². The number of carbonyl (C=O) groups is 1. The number of aromatic nitrogens is 3. The largest absolute Gasteiger partial charge is 0.497 e. The summed E-state index contributed by atoms with van der Waals surface area (Å²) in [7, 11) is 1.66. The fourth-order valence-electron chi connectivity index (χ4n) is 3.81. The number of pyridine rings is 1. The molecular formula is C21H24N4O2. The van der Waals surface area contributed by atoms with Gasteiger partial charge in [-0.15, -0.1) is 0 Å². The Kier molecular flexibility index (Phi) is 4.56.